The molecule has 1 unspecified atom stereocenters. The van der Waals surface area contributed by atoms with E-state index >= 15 is 0 Å². The van der Waals surface area contributed by atoms with Gasteiger partial charge < -0.3 is 15.5 Å². The molecule has 5 heteroatoms. The molecule has 0 spiro atoms. The molecule has 0 fully saturated rings. The number of amides is 1. The number of aliphatic hydroxyl groups is 1. The van der Waals surface area contributed by atoms with Crippen LogP contribution in [0.15, 0.2) is 48.5 Å². The minimum atomic E-state index is -1.03. The second-order valence-electron chi connectivity index (χ2n) is 5.86. The van der Waals surface area contributed by atoms with E-state index in [1.165, 1.54) is 6.07 Å². The molecule has 3 N–H and O–H groups in total. The van der Waals surface area contributed by atoms with Crippen molar-refractivity contribution in [1.82, 2.24) is 5.32 Å². The Morgan fingerprint density at radius 2 is 1.56 bits per heavy atom. The summed E-state index contributed by atoms with van der Waals surface area (Å²) in [5.41, 5.74) is 1.70. The van der Waals surface area contributed by atoms with E-state index in [1.54, 1.807) is 42.5 Å². The predicted octanol–water partition coefficient (Wildman–Crippen LogP) is 3.33. The monoisotopic (exact) mass is 341 g/mol. The number of hydrogen-bond donors (Lipinski definition) is 3. The Hall–Kier alpha value is -2.66. The van der Waals surface area contributed by atoms with Crippen LogP contribution in [0.3, 0.4) is 0 Å². The largest absolute Gasteiger partial charge is 0.478 e. The number of hydrogen-bond acceptors (Lipinski definition) is 3. The van der Waals surface area contributed by atoms with Crippen LogP contribution in [0.5, 0.6) is 0 Å². The number of aromatic carboxylic acids is 1. The van der Waals surface area contributed by atoms with E-state index in [1.807, 2.05) is 6.92 Å². The van der Waals surface area contributed by atoms with Gasteiger partial charge >= 0.3 is 5.97 Å². The van der Waals surface area contributed by atoms with Crippen molar-refractivity contribution in [2.45, 2.75) is 32.3 Å². The van der Waals surface area contributed by atoms with Crippen LogP contribution in [0.1, 0.15) is 46.9 Å². The fourth-order valence-electron chi connectivity index (χ4n) is 2.66. The van der Waals surface area contributed by atoms with Gasteiger partial charge in [-0.3, -0.25) is 4.79 Å². The number of carbonyl (C=O) groups excluding carboxylic acids is 1. The molecule has 1 atom stereocenters. The molecule has 132 valence electrons. The topological polar surface area (TPSA) is 86.6 Å². The molecule has 0 saturated carbocycles. The zero-order chi connectivity index (χ0) is 18.2. The van der Waals surface area contributed by atoms with Crippen LogP contribution in [0.4, 0.5) is 0 Å². The number of carbonyl (C=O) groups is 2. The standard InChI is InChI=1S/C20H23NO4/c1-2-14(22)8-7-13-21-19(23)17-11-5-3-9-15(17)16-10-4-6-12-18(16)20(24)25/h3-6,9-12,14,22H,2,7-8,13H2,1H3,(H,21,23)(H,24,25). The maximum Gasteiger partial charge on any atom is 0.336 e. The number of aliphatic hydroxyl groups excluding tert-OH is 1. The number of carboxylic acids is 1. The Morgan fingerprint density at radius 1 is 1.00 bits per heavy atom. The minimum Gasteiger partial charge on any atom is -0.478 e. The van der Waals surface area contributed by atoms with E-state index in [-0.39, 0.29) is 17.6 Å². The minimum absolute atomic E-state index is 0.161. The van der Waals surface area contributed by atoms with E-state index in [0.717, 1.165) is 0 Å². The zero-order valence-electron chi connectivity index (χ0n) is 14.2. The van der Waals surface area contributed by atoms with Gasteiger partial charge in [-0.25, -0.2) is 4.79 Å². The second kappa shape index (κ2) is 8.99. The molecule has 0 bridgehead atoms. The molecular weight excluding hydrogens is 318 g/mol. The molecule has 25 heavy (non-hydrogen) atoms. The van der Waals surface area contributed by atoms with Crippen LogP contribution in [0, 0.1) is 0 Å². The van der Waals surface area contributed by atoms with Gasteiger partial charge in [0.05, 0.1) is 11.7 Å². The van der Waals surface area contributed by atoms with Crippen molar-refractivity contribution in [3.63, 3.8) is 0 Å². The SMILES string of the molecule is CCC(O)CCCNC(=O)c1ccccc1-c1ccccc1C(=O)O. The van der Waals surface area contributed by atoms with Crippen molar-refractivity contribution in [3.05, 3.63) is 59.7 Å². The molecule has 1 amide bonds. The zero-order valence-corrected chi connectivity index (χ0v) is 14.2. The lowest BCUT2D eigenvalue weighted by molar-refractivity contribution is 0.0697. The Bertz CT molecular complexity index is 742. The van der Waals surface area contributed by atoms with Crippen LogP contribution >= 0.6 is 0 Å². The molecule has 2 rings (SSSR count). The summed E-state index contributed by atoms with van der Waals surface area (Å²) >= 11 is 0. The molecule has 5 nitrogen and oxygen atoms in total. The molecule has 0 aliphatic carbocycles. The lowest BCUT2D eigenvalue weighted by Gasteiger charge is -2.13. The Kier molecular flexibility index (Phi) is 6.71. The third-order valence-electron chi connectivity index (χ3n) is 4.09. The van der Waals surface area contributed by atoms with E-state index < -0.39 is 5.97 Å². The third-order valence-corrected chi connectivity index (χ3v) is 4.09. The summed E-state index contributed by atoms with van der Waals surface area (Å²) < 4.78 is 0. The number of benzene rings is 2. The molecule has 0 saturated heterocycles. The highest BCUT2D eigenvalue weighted by Gasteiger charge is 2.17. The van der Waals surface area contributed by atoms with Gasteiger partial charge in [-0.1, -0.05) is 43.3 Å². The molecule has 0 radical (unpaired) electrons. The summed E-state index contributed by atoms with van der Waals surface area (Å²) in [4.78, 5) is 24.0. The fraction of sp³-hybridized carbons (Fsp3) is 0.300. The number of nitrogens with one attached hydrogen (secondary N) is 1. The normalized spacial score (nSPS) is 11.8. The summed E-state index contributed by atoms with van der Waals surface area (Å²) in [6.07, 6.45) is 1.68. The van der Waals surface area contributed by atoms with Crippen molar-refractivity contribution in [3.8, 4) is 11.1 Å². The van der Waals surface area contributed by atoms with E-state index in [2.05, 4.69) is 5.32 Å². The quantitative estimate of drug-likeness (QED) is 0.643. The first-order valence-electron chi connectivity index (χ1n) is 8.42. The Labute approximate surface area is 147 Å². The second-order valence-corrected chi connectivity index (χ2v) is 5.86. The first kappa shape index (κ1) is 18.7. The van der Waals surface area contributed by atoms with Crippen molar-refractivity contribution < 1.29 is 19.8 Å². The molecule has 0 aliphatic heterocycles. The van der Waals surface area contributed by atoms with E-state index in [0.29, 0.717) is 42.5 Å². The van der Waals surface area contributed by atoms with Crippen LogP contribution in [0.2, 0.25) is 0 Å². The highest BCUT2D eigenvalue weighted by molar-refractivity contribution is 6.04. The van der Waals surface area contributed by atoms with Crippen molar-refractivity contribution >= 4 is 11.9 Å². The summed E-state index contributed by atoms with van der Waals surface area (Å²) in [7, 11) is 0. The van der Waals surface area contributed by atoms with Crippen molar-refractivity contribution in [2.75, 3.05) is 6.54 Å². The molecule has 0 aromatic heterocycles. The van der Waals surface area contributed by atoms with Crippen molar-refractivity contribution in [2.24, 2.45) is 0 Å². The van der Waals surface area contributed by atoms with E-state index in [9.17, 15) is 19.8 Å². The van der Waals surface area contributed by atoms with Gasteiger partial charge in [0.15, 0.2) is 0 Å². The van der Waals surface area contributed by atoms with Crippen LogP contribution in [0.25, 0.3) is 11.1 Å². The molecule has 2 aromatic carbocycles. The number of carboxylic acid groups (broad SMARTS) is 1. The van der Waals surface area contributed by atoms with Gasteiger partial charge in [0.25, 0.3) is 5.91 Å². The predicted molar refractivity (Wildman–Crippen MR) is 96.7 cm³/mol. The average Bonchev–Trinajstić information content (AvgIpc) is 2.64. The lowest BCUT2D eigenvalue weighted by atomic mass is 9.95. The molecule has 0 aliphatic rings. The third kappa shape index (κ3) is 4.90. The Morgan fingerprint density at radius 3 is 2.16 bits per heavy atom. The van der Waals surface area contributed by atoms with Crippen LogP contribution in [-0.4, -0.2) is 34.7 Å². The van der Waals surface area contributed by atoms with Crippen molar-refractivity contribution in [1.29, 1.82) is 0 Å². The maximum atomic E-state index is 12.5. The van der Waals surface area contributed by atoms with Gasteiger partial charge in [-0.05, 0) is 42.5 Å². The van der Waals surface area contributed by atoms with Gasteiger partial charge in [-0.2, -0.15) is 0 Å². The maximum absolute atomic E-state index is 12.5. The lowest BCUT2D eigenvalue weighted by Crippen LogP contribution is -2.25. The molecular formula is C20H23NO4. The van der Waals surface area contributed by atoms with E-state index in [4.69, 9.17) is 0 Å². The van der Waals surface area contributed by atoms with Gasteiger partial charge in [-0.15, -0.1) is 0 Å². The fourth-order valence-corrected chi connectivity index (χ4v) is 2.66. The highest BCUT2D eigenvalue weighted by Crippen LogP contribution is 2.27. The first-order chi connectivity index (χ1) is 12.0. The average molecular weight is 341 g/mol. The first-order valence-corrected chi connectivity index (χ1v) is 8.42. The van der Waals surface area contributed by atoms with Gasteiger partial charge in [0, 0.05) is 12.1 Å². The van der Waals surface area contributed by atoms with Crippen LogP contribution < -0.4 is 5.32 Å². The summed E-state index contributed by atoms with van der Waals surface area (Å²) in [6.45, 7) is 2.38. The summed E-state index contributed by atoms with van der Waals surface area (Å²) in [5, 5.41) is 21.8. The summed E-state index contributed by atoms with van der Waals surface area (Å²) in [6, 6.07) is 13.6. The summed E-state index contributed by atoms with van der Waals surface area (Å²) in [5.74, 6) is -1.28. The van der Waals surface area contributed by atoms with Crippen LogP contribution in [-0.2, 0) is 0 Å². The highest BCUT2D eigenvalue weighted by atomic mass is 16.4. The van der Waals surface area contributed by atoms with Gasteiger partial charge in [0.2, 0.25) is 0 Å². The molecule has 0 heterocycles. The Balaban J connectivity index is 2.18. The number of rotatable bonds is 8. The molecule has 2 aromatic rings. The van der Waals surface area contributed by atoms with Gasteiger partial charge in [0.1, 0.15) is 0 Å². The smallest absolute Gasteiger partial charge is 0.336 e.